The molecular weight excluding hydrogens is 370 g/mol. The molecule has 1 aliphatic heterocycles. The lowest BCUT2D eigenvalue weighted by molar-refractivity contribution is 0.0989. The van der Waals surface area contributed by atoms with E-state index < -0.39 is 0 Å². The van der Waals surface area contributed by atoms with E-state index in [1.165, 1.54) is 11.3 Å². The molecule has 142 valence electrons. The Labute approximate surface area is 168 Å². The van der Waals surface area contributed by atoms with Crippen LogP contribution in [0.15, 0.2) is 60.0 Å². The summed E-state index contributed by atoms with van der Waals surface area (Å²) in [7, 11) is 0. The third kappa shape index (κ3) is 3.92. The monoisotopic (exact) mass is 391 g/mol. The van der Waals surface area contributed by atoms with E-state index in [0.29, 0.717) is 12.2 Å². The number of hydrogen-bond donors (Lipinski definition) is 2. The van der Waals surface area contributed by atoms with E-state index in [1.807, 2.05) is 71.8 Å². The van der Waals surface area contributed by atoms with Crippen LogP contribution in [0.25, 0.3) is 0 Å². The van der Waals surface area contributed by atoms with Gasteiger partial charge in [-0.1, -0.05) is 18.2 Å². The van der Waals surface area contributed by atoms with Gasteiger partial charge in [-0.2, -0.15) is 0 Å². The molecule has 0 aliphatic carbocycles. The third-order valence-electron chi connectivity index (χ3n) is 4.71. The van der Waals surface area contributed by atoms with Crippen molar-refractivity contribution in [2.24, 2.45) is 0 Å². The first kappa shape index (κ1) is 18.3. The van der Waals surface area contributed by atoms with Crippen LogP contribution < -0.4 is 15.5 Å². The number of carbonyl (C=O) groups excluding carboxylic acids is 2. The average molecular weight is 391 g/mol. The van der Waals surface area contributed by atoms with Crippen LogP contribution >= 0.6 is 11.3 Å². The van der Waals surface area contributed by atoms with E-state index >= 15 is 0 Å². The van der Waals surface area contributed by atoms with E-state index in [2.05, 4.69) is 10.6 Å². The molecular formula is C22H21N3O2S. The van der Waals surface area contributed by atoms with Gasteiger partial charge in [-0.25, -0.2) is 4.79 Å². The molecule has 1 aromatic heterocycles. The third-order valence-corrected chi connectivity index (χ3v) is 5.57. The van der Waals surface area contributed by atoms with Gasteiger partial charge in [0.15, 0.2) is 0 Å². The van der Waals surface area contributed by atoms with Gasteiger partial charge in [-0.15, -0.1) is 11.3 Å². The minimum absolute atomic E-state index is 0.0360. The topological polar surface area (TPSA) is 61.4 Å². The van der Waals surface area contributed by atoms with E-state index in [-0.39, 0.29) is 11.9 Å². The predicted molar refractivity (Wildman–Crippen MR) is 115 cm³/mol. The molecule has 28 heavy (non-hydrogen) atoms. The molecule has 0 atom stereocenters. The van der Waals surface area contributed by atoms with E-state index in [1.54, 1.807) is 0 Å². The molecule has 4 rings (SSSR count). The van der Waals surface area contributed by atoms with Crippen molar-refractivity contribution in [2.45, 2.75) is 19.8 Å². The zero-order valence-corrected chi connectivity index (χ0v) is 16.4. The highest BCUT2D eigenvalue weighted by Crippen LogP contribution is 2.31. The number of thiophene rings is 1. The summed E-state index contributed by atoms with van der Waals surface area (Å²) < 4.78 is 0. The molecule has 2 heterocycles. The van der Waals surface area contributed by atoms with Crippen molar-refractivity contribution in [3.8, 4) is 0 Å². The van der Waals surface area contributed by atoms with Gasteiger partial charge < -0.3 is 15.5 Å². The summed E-state index contributed by atoms with van der Waals surface area (Å²) in [5, 5.41) is 7.64. The lowest BCUT2D eigenvalue weighted by Crippen LogP contribution is -2.35. The number of fused-ring (bicyclic) bond motifs is 1. The summed E-state index contributed by atoms with van der Waals surface area (Å²) >= 11 is 1.46. The molecule has 2 N–H and O–H groups in total. The standard InChI is InChI=1S/C22H21N3O2S/c1-15-5-2-7-17(13-15)23-22(27)24-18-9-10-19-16(14-18)6-3-11-25(19)21(26)20-8-4-12-28-20/h2,4-5,7-10,12-14H,3,6,11H2,1H3,(H2,23,24,27). The number of anilines is 3. The molecule has 2 aromatic carbocycles. The summed E-state index contributed by atoms with van der Waals surface area (Å²) in [5.74, 6) is 0.0360. The fraction of sp³-hybridized carbons (Fsp3) is 0.182. The molecule has 0 fully saturated rings. The van der Waals surface area contributed by atoms with Gasteiger partial charge >= 0.3 is 6.03 Å². The molecule has 6 heteroatoms. The van der Waals surface area contributed by atoms with Crippen LogP contribution in [0.4, 0.5) is 21.9 Å². The minimum atomic E-state index is -0.284. The van der Waals surface area contributed by atoms with Crippen LogP contribution in [0, 0.1) is 6.92 Å². The van der Waals surface area contributed by atoms with Crippen LogP contribution in [-0.4, -0.2) is 18.5 Å². The highest BCUT2D eigenvalue weighted by atomic mass is 32.1. The van der Waals surface area contributed by atoms with Crippen LogP contribution in [0.5, 0.6) is 0 Å². The number of aryl methyl sites for hydroxylation is 2. The van der Waals surface area contributed by atoms with Crippen LogP contribution in [0.1, 0.15) is 27.2 Å². The molecule has 3 aromatic rings. The first-order chi connectivity index (χ1) is 13.6. The normalized spacial score (nSPS) is 13.0. The number of rotatable bonds is 3. The van der Waals surface area contributed by atoms with E-state index in [4.69, 9.17) is 0 Å². The van der Waals surface area contributed by atoms with Crippen molar-refractivity contribution in [2.75, 3.05) is 22.1 Å². The second kappa shape index (κ2) is 7.86. The Kier molecular flexibility index (Phi) is 5.12. The SMILES string of the molecule is Cc1cccc(NC(=O)Nc2ccc3c(c2)CCCN3C(=O)c2cccs2)c1. The van der Waals surface area contributed by atoms with Crippen molar-refractivity contribution in [3.63, 3.8) is 0 Å². The van der Waals surface area contributed by atoms with Gasteiger partial charge in [-0.05, 0) is 72.7 Å². The van der Waals surface area contributed by atoms with Crippen LogP contribution in [0.2, 0.25) is 0 Å². The maximum absolute atomic E-state index is 12.8. The van der Waals surface area contributed by atoms with Crippen molar-refractivity contribution < 1.29 is 9.59 Å². The Morgan fingerprint density at radius 3 is 2.57 bits per heavy atom. The summed E-state index contributed by atoms with van der Waals surface area (Å²) in [5.41, 5.74) is 4.55. The zero-order valence-electron chi connectivity index (χ0n) is 15.6. The maximum Gasteiger partial charge on any atom is 0.323 e. The molecule has 0 saturated heterocycles. The van der Waals surface area contributed by atoms with Gasteiger partial charge in [0.1, 0.15) is 0 Å². The smallest absolute Gasteiger partial charge is 0.308 e. The first-order valence-corrected chi connectivity index (χ1v) is 10.1. The van der Waals surface area contributed by atoms with Gasteiger partial charge in [0.05, 0.1) is 4.88 Å². The van der Waals surface area contributed by atoms with Gasteiger partial charge in [0, 0.05) is 23.6 Å². The van der Waals surface area contributed by atoms with Crippen molar-refractivity contribution in [3.05, 3.63) is 76.0 Å². The van der Waals surface area contributed by atoms with Crippen LogP contribution in [-0.2, 0) is 6.42 Å². The number of carbonyl (C=O) groups is 2. The number of hydrogen-bond acceptors (Lipinski definition) is 3. The number of benzene rings is 2. The first-order valence-electron chi connectivity index (χ1n) is 9.23. The van der Waals surface area contributed by atoms with Gasteiger partial charge in [-0.3, -0.25) is 4.79 Å². The molecule has 1 aliphatic rings. The van der Waals surface area contributed by atoms with E-state index in [9.17, 15) is 9.59 Å². The van der Waals surface area contributed by atoms with Crippen molar-refractivity contribution >= 4 is 40.3 Å². The highest BCUT2D eigenvalue weighted by Gasteiger charge is 2.24. The van der Waals surface area contributed by atoms with Crippen LogP contribution in [0.3, 0.4) is 0 Å². The summed E-state index contributed by atoms with van der Waals surface area (Å²) in [6.45, 7) is 2.69. The van der Waals surface area contributed by atoms with Crippen molar-refractivity contribution in [1.29, 1.82) is 0 Å². The Balaban J connectivity index is 1.49. The van der Waals surface area contributed by atoms with Gasteiger partial charge in [0.2, 0.25) is 0 Å². The molecule has 5 nitrogen and oxygen atoms in total. The Hall–Kier alpha value is -3.12. The minimum Gasteiger partial charge on any atom is -0.308 e. The predicted octanol–water partition coefficient (Wildman–Crippen LogP) is 5.29. The highest BCUT2D eigenvalue weighted by molar-refractivity contribution is 7.12. The molecule has 0 radical (unpaired) electrons. The lowest BCUT2D eigenvalue weighted by atomic mass is 10.0. The quantitative estimate of drug-likeness (QED) is 0.637. The molecule has 3 amide bonds. The number of urea groups is 1. The zero-order chi connectivity index (χ0) is 19.5. The Bertz CT molecular complexity index is 1010. The lowest BCUT2D eigenvalue weighted by Gasteiger charge is -2.29. The van der Waals surface area contributed by atoms with E-state index in [0.717, 1.165) is 40.2 Å². The number of nitrogens with one attached hydrogen (secondary N) is 2. The summed E-state index contributed by atoms with van der Waals surface area (Å²) in [6.07, 6.45) is 1.79. The summed E-state index contributed by atoms with van der Waals surface area (Å²) in [4.78, 5) is 27.7. The second-order valence-corrected chi connectivity index (χ2v) is 7.78. The van der Waals surface area contributed by atoms with Crippen molar-refractivity contribution in [1.82, 2.24) is 0 Å². The number of amides is 3. The molecule has 0 bridgehead atoms. The Morgan fingerprint density at radius 2 is 1.82 bits per heavy atom. The molecule has 0 unspecified atom stereocenters. The number of nitrogens with zero attached hydrogens (tertiary/aromatic N) is 1. The second-order valence-electron chi connectivity index (χ2n) is 6.83. The fourth-order valence-electron chi connectivity index (χ4n) is 3.44. The largest absolute Gasteiger partial charge is 0.323 e. The maximum atomic E-state index is 12.8. The fourth-order valence-corrected chi connectivity index (χ4v) is 4.11. The Morgan fingerprint density at radius 1 is 1.00 bits per heavy atom. The average Bonchev–Trinajstić information content (AvgIpc) is 3.21. The summed E-state index contributed by atoms with van der Waals surface area (Å²) in [6, 6.07) is 16.8. The molecule has 0 saturated carbocycles. The molecule has 0 spiro atoms. The van der Waals surface area contributed by atoms with Gasteiger partial charge in [0.25, 0.3) is 5.91 Å².